The number of hydrogen-bond acceptors (Lipinski definition) is 3. The summed E-state index contributed by atoms with van der Waals surface area (Å²) in [6.07, 6.45) is 0. The van der Waals surface area contributed by atoms with Gasteiger partial charge in [0.2, 0.25) is 0 Å². The number of benzene rings is 1. The zero-order chi connectivity index (χ0) is 11.4. The summed E-state index contributed by atoms with van der Waals surface area (Å²) in [6.45, 7) is -0.116. The second kappa shape index (κ2) is 5.86. The fraction of sp³-hybridized carbons (Fsp3) is 0.222. The Morgan fingerprint density at radius 3 is 2.27 bits per heavy atom. The standard InChI is InChI=1S/C9H7Br3O3/c1-14-8(13)4-15-9-6(11)2-5(10)3-7(9)12/h2-3H,4H2,1H3. The second-order valence-corrected chi connectivity index (χ2v) is 5.19. The Bertz CT molecular complexity index is 356. The van der Waals surface area contributed by atoms with E-state index in [2.05, 4.69) is 52.5 Å². The smallest absolute Gasteiger partial charge is 0.343 e. The number of hydrogen-bond donors (Lipinski definition) is 0. The fourth-order valence-electron chi connectivity index (χ4n) is 0.857. The van der Waals surface area contributed by atoms with Gasteiger partial charge in [-0.25, -0.2) is 4.79 Å². The molecule has 0 amide bonds. The van der Waals surface area contributed by atoms with Crippen LogP contribution in [-0.2, 0) is 9.53 Å². The predicted octanol–water partition coefficient (Wildman–Crippen LogP) is 3.53. The Kier molecular flexibility index (Phi) is 5.08. The van der Waals surface area contributed by atoms with E-state index in [9.17, 15) is 4.79 Å². The average Bonchev–Trinajstić information content (AvgIpc) is 2.15. The maximum absolute atomic E-state index is 10.9. The number of esters is 1. The van der Waals surface area contributed by atoms with Crippen molar-refractivity contribution < 1.29 is 14.3 Å². The summed E-state index contributed by atoms with van der Waals surface area (Å²) in [5.74, 6) is 0.153. The SMILES string of the molecule is COC(=O)COc1c(Br)cc(Br)cc1Br. The molecule has 0 saturated carbocycles. The van der Waals surface area contributed by atoms with Gasteiger partial charge in [0.1, 0.15) is 5.75 Å². The number of methoxy groups -OCH3 is 1. The van der Waals surface area contributed by atoms with Crippen molar-refractivity contribution in [3.05, 3.63) is 25.6 Å². The fourth-order valence-corrected chi connectivity index (χ4v) is 3.34. The summed E-state index contributed by atoms with van der Waals surface area (Å²) in [6, 6.07) is 3.66. The molecule has 0 radical (unpaired) electrons. The van der Waals surface area contributed by atoms with E-state index in [0.29, 0.717) is 5.75 Å². The Hall–Kier alpha value is -0.0700. The van der Waals surface area contributed by atoms with Crippen molar-refractivity contribution in [3.63, 3.8) is 0 Å². The molecule has 6 heteroatoms. The van der Waals surface area contributed by atoms with Crippen LogP contribution in [0.2, 0.25) is 0 Å². The summed E-state index contributed by atoms with van der Waals surface area (Å²) in [7, 11) is 1.32. The lowest BCUT2D eigenvalue weighted by Crippen LogP contribution is -2.13. The first kappa shape index (κ1) is 13.0. The topological polar surface area (TPSA) is 35.5 Å². The van der Waals surface area contributed by atoms with Gasteiger partial charge in [0, 0.05) is 4.47 Å². The lowest BCUT2D eigenvalue weighted by Gasteiger charge is -2.09. The van der Waals surface area contributed by atoms with Gasteiger partial charge in [-0.2, -0.15) is 0 Å². The number of rotatable bonds is 3. The summed E-state index contributed by atoms with van der Waals surface area (Å²) in [5, 5.41) is 0. The van der Waals surface area contributed by atoms with Gasteiger partial charge in [0.05, 0.1) is 16.1 Å². The molecule has 0 aliphatic heterocycles. The first-order valence-electron chi connectivity index (χ1n) is 3.88. The highest BCUT2D eigenvalue weighted by atomic mass is 79.9. The third-order valence-electron chi connectivity index (χ3n) is 1.53. The molecule has 0 spiro atoms. The molecule has 0 fully saturated rings. The van der Waals surface area contributed by atoms with E-state index < -0.39 is 5.97 Å². The van der Waals surface area contributed by atoms with E-state index in [4.69, 9.17) is 4.74 Å². The van der Waals surface area contributed by atoms with Crippen LogP contribution in [0.15, 0.2) is 25.6 Å². The van der Waals surface area contributed by atoms with E-state index in [1.807, 2.05) is 12.1 Å². The third kappa shape index (κ3) is 3.77. The molecular weight excluding hydrogens is 396 g/mol. The molecule has 82 valence electrons. The van der Waals surface area contributed by atoms with Gasteiger partial charge in [-0.1, -0.05) is 15.9 Å². The highest BCUT2D eigenvalue weighted by molar-refractivity contribution is 9.11. The van der Waals surface area contributed by atoms with Crippen LogP contribution in [0.1, 0.15) is 0 Å². The van der Waals surface area contributed by atoms with Crippen LogP contribution in [0.25, 0.3) is 0 Å². The molecule has 0 unspecified atom stereocenters. The normalized spacial score (nSPS) is 9.87. The molecule has 1 aromatic rings. The monoisotopic (exact) mass is 400 g/mol. The number of carbonyl (C=O) groups is 1. The van der Waals surface area contributed by atoms with Gasteiger partial charge in [0.25, 0.3) is 0 Å². The highest BCUT2D eigenvalue weighted by Crippen LogP contribution is 2.36. The van der Waals surface area contributed by atoms with Crippen molar-refractivity contribution in [1.82, 2.24) is 0 Å². The second-order valence-electron chi connectivity index (χ2n) is 2.56. The molecule has 1 rings (SSSR count). The zero-order valence-corrected chi connectivity index (χ0v) is 12.5. The lowest BCUT2D eigenvalue weighted by atomic mass is 10.3. The van der Waals surface area contributed by atoms with Crippen LogP contribution in [0.3, 0.4) is 0 Å². The van der Waals surface area contributed by atoms with Crippen LogP contribution >= 0.6 is 47.8 Å². The van der Waals surface area contributed by atoms with Gasteiger partial charge in [0.15, 0.2) is 6.61 Å². The van der Waals surface area contributed by atoms with Crippen molar-refractivity contribution in [2.45, 2.75) is 0 Å². The zero-order valence-electron chi connectivity index (χ0n) is 7.72. The first-order chi connectivity index (χ1) is 7.04. The summed E-state index contributed by atoms with van der Waals surface area (Å²) in [4.78, 5) is 10.9. The summed E-state index contributed by atoms with van der Waals surface area (Å²) < 4.78 is 12.2. The van der Waals surface area contributed by atoms with Crippen molar-refractivity contribution in [2.24, 2.45) is 0 Å². The molecule has 0 aliphatic carbocycles. The summed E-state index contributed by atoms with van der Waals surface area (Å²) >= 11 is 10.00. The van der Waals surface area contributed by atoms with E-state index in [1.54, 1.807) is 0 Å². The average molecular weight is 403 g/mol. The minimum absolute atomic E-state index is 0.116. The molecule has 0 aromatic heterocycles. The van der Waals surface area contributed by atoms with Crippen LogP contribution in [0, 0.1) is 0 Å². The van der Waals surface area contributed by atoms with Crippen LogP contribution in [0.4, 0.5) is 0 Å². The van der Waals surface area contributed by atoms with Crippen LogP contribution < -0.4 is 4.74 Å². The highest BCUT2D eigenvalue weighted by Gasteiger charge is 2.10. The molecule has 0 aliphatic rings. The molecule has 15 heavy (non-hydrogen) atoms. The van der Waals surface area contributed by atoms with Gasteiger partial charge in [-0.3, -0.25) is 0 Å². The molecule has 0 saturated heterocycles. The molecule has 0 bridgehead atoms. The summed E-state index contributed by atoms with van der Waals surface area (Å²) in [5.41, 5.74) is 0. The van der Waals surface area contributed by atoms with E-state index in [-0.39, 0.29) is 6.61 Å². The minimum Gasteiger partial charge on any atom is -0.480 e. The number of halogens is 3. The Labute approximate surface area is 113 Å². The quantitative estimate of drug-likeness (QED) is 0.726. The Balaban J connectivity index is 2.81. The van der Waals surface area contributed by atoms with E-state index in [0.717, 1.165) is 13.4 Å². The van der Waals surface area contributed by atoms with Crippen LogP contribution in [0.5, 0.6) is 5.75 Å². The van der Waals surface area contributed by atoms with Gasteiger partial charge < -0.3 is 9.47 Å². The van der Waals surface area contributed by atoms with Gasteiger partial charge >= 0.3 is 5.97 Å². The predicted molar refractivity (Wildman–Crippen MR) is 67.1 cm³/mol. The van der Waals surface area contributed by atoms with Crippen molar-refractivity contribution in [2.75, 3.05) is 13.7 Å². The van der Waals surface area contributed by atoms with Crippen LogP contribution in [-0.4, -0.2) is 19.7 Å². The Morgan fingerprint density at radius 2 is 1.80 bits per heavy atom. The van der Waals surface area contributed by atoms with Crippen molar-refractivity contribution >= 4 is 53.8 Å². The molecule has 1 aromatic carbocycles. The maximum atomic E-state index is 10.9. The molecule has 0 heterocycles. The van der Waals surface area contributed by atoms with E-state index in [1.165, 1.54) is 7.11 Å². The number of ether oxygens (including phenoxy) is 2. The molecule has 0 N–H and O–H groups in total. The van der Waals surface area contributed by atoms with Crippen molar-refractivity contribution in [3.8, 4) is 5.75 Å². The maximum Gasteiger partial charge on any atom is 0.343 e. The molecule has 3 nitrogen and oxygen atoms in total. The Morgan fingerprint density at radius 1 is 1.27 bits per heavy atom. The minimum atomic E-state index is -0.420. The third-order valence-corrected chi connectivity index (χ3v) is 3.16. The van der Waals surface area contributed by atoms with Crippen molar-refractivity contribution in [1.29, 1.82) is 0 Å². The first-order valence-corrected chi connectivity index (χ1v) is 6.26. The van der Waals surface area contributed by atoms with E-state index >= 15 is 0 Å². The van der Waals surface area contributed by atoms with Gasteiger partial charge in [-0.05, 0) is 44.0 Å². The lowest BCUT2D eigenvalue weighted by molar-refractivity contribution is -0.142. The number of carbonyl (C=O) groups excluding carboxylic acids is 1. The molecule has 0 atom stereocenters. The molecular formula is C9H7Br3O3. The van der Waals surface area contributed by atoms with Gasteiger partial charge in [-0.15, -0.1) is 0 Å². The largest absolute Gasteiger partial charge is 0.480 e.